The van der Waals surface area contributed by atoms with Gasteiger partial charge in [-0.15, -0.1) is 0 Å². The fourth-order valence-corrected chi connectivity index (χ4v) is 3.98. The lowest BCUT2D eigenvalue weighted by molar-refractivity contribution is 0.593. The second-order valence-corrected chi connectivity index (χ2v) is 6.51. The zero-order valence-corrected chi connectivity index (χ0v) is 11.9. The molecule has 3 rings (SSSR count). The molecule has 2 aromatic carbocycles. The molecule has 20 heavy (non-hydrogen) atoms. The third-order valence-corrected chi connectivity index (χ3v) is 5.23. The Labute approximate surface area is 121 Å². The number of hydrogen-bond acceptors (Lipinski definition) is 3. The summed E-state index contributed by atoms with van der Waals surface area (Å²) in [6.45, 7) is 0. The molecule has 0 fully saturated rings. The first-order chi connectivity index (χ1) is 9.60. The second-order valence-electron chi connectivity index (χ2n) is 4.27. The molecule has 0 N–H and O–H groups in total. The summed E-state index contributed by atoms with van der Waals surface area (Å²) in [5, 5.41) is 1.65. The van der Waals surface area contributed by atoms with E-state index in [4.69, 9.17) is 11.6 Å². The molecule has 0 bridgehead atoms. The lowest BCUT2D eigenvalue weighted by atomic mass is 10.2. The highest BCUT2D eigenvalue weighted by Gasteiger charge is 2.23. The van der Waals surface area contributed by atoms with Crippen LogP contribution in [0.5, 0.6) is 0 Å². The summed E-state index contributed by atoms with van der Waals surface area (Å²) in [4.78, 5) is 4.12. The van der Waals surface area contributed by atoms with E-state index >= 15 is 0 Å². The van der Waals surface area contributed by atoms with Gasteiger partial charge in [-0.1, -0.05) is 48.0 Å². The van der Waals surface area contributed by atoms with Crippen molar-refractivity contribution in [3.05, 3.63) is 65.8 Å². The van der Waals surface area contributed by atoms with Gasteiger partial charge in [-0.2, -0.15) is 0 Å². The summed E-state index contributed by atoms with van der Waals surface area (Å²) in [5.41, 5.74) is 0. The van der Waals surface area contributed by atoms with Crippen molar-refractivity contribution >= 4 is 32.2 Å². The van der Waals surface area contributed by atoms with Gasteiger partial charge in [0.25, 0.3) is 0 Å². The van der Waals surface area contributed by atoms with Crippen LogP contribution >= 0.6 is 11.6 Å². The zero-order valence-electron chi connectivity index (χ0n) is 10.3. The standard InChI is InChI=1S/C15H10ClNO2S/c16-13-7-3-4-8-14(13)20(18,19)15-12-6-2-1-5-11(12)9-10-17-15/h1-10H. The molecular formula is C15H10ClNO2S. The van der Waals surface area contributed by atoms with Crippen LogP contribution in [0.25, 0.3) is 10.8 Å². The minimum Gasteiger partial charge on any atom is -0.244 e. The van der Waals surface area contributed by atoms with Crippen LogP contribution in [0.15, 0.2) is 70.7 Å². The maximum atomic E-state index is 12.7. The van der Waals surface area contributed by atoms with E-state index in [2.05, 4.69) is 4.98 Å². The van der Waals surface area contributed by atoms with Gasteiger partial charge < -0.3 is 0 Å². The second kappa shape index (κ2) is 4.89. The number of pyridine rings is 1. The van der Waals surface area contributed by atoms with Crippen molar-refractivity contribution in [1.82, 2.24) is 4.98 Å². The average molecular weight is 304 g/mol. The van der Waals surface area contributed by atoms with Gasteiger partial charge in [0.15, 0.2) is 5.03 Å². The van der Waals surface area contributed by atoms with Gasteiger partial charge in [0.05, 0.1) is 9.92 Å². The molecule has 1 aromatic heterocycles. The van der Waals surface area contributed by atoms with Gasteiger partial charge in [0.2, 0.25) is 9.84 Å². The number of nitrogens with zero attached hydrogens (tertiary/aromatic N) is 1. The van der Waals surface area contributed by atoms with Crippen molar-refractivity contribution in [3.63, 3.8) is 0 Å². The quantitative estimate of drug-likeness (QED) is 0.725. The van der Waals surface area contributed by atoms with E-state index in [0.717, 1.165) is 5.39 Å². The minimum atomic E-state index is -3.74. The smallest absolute Gasteiger partial charge is 0.225 e. The average Bonchev–Trinajstić information content (AvgIpc) is 2.47. The van der Waals surface area contributed by atoms with Crippen molar-refractivity contribution in [2.45, 2.75) is 9.92 Å². The molecule has 0 saturated carbocycles. The normalized spacial score (nSPS) is 11.7. The number of halogens is 1. The molecular weight excluding hydrogens is 294 g/mol. The van der Waals surface area contributed by atoms with Gasteiger partial charge in [0, 0.05) is 11.6 Å². The van der Waals surface area contributed by atoms with Crippen molar-refractivity contribution in [2.75, 3.05) is 0 Å². The van der Waals surface area contributed by atoms with Crippen molar-refractivity contribution in [3.8, 4) is 0 Å². The Kier molecular flexibility index (Phi) is 3.20. The number of rotatable bonds is 2. The summed E-state index contributed by atoms with van der Waals surface area (Å²) in [7, 11) is -3.74. The molecule has 1 heterocycles. The number of fused-ring (bicyclic) bond motifs is 1. The third-order valence-electron chi connectivity index (χ3n) is 3.02. The van der Waals surface area contributed by atoms with E-state index in [9.17, 15) is 8.42 Å². The first-order valence-electron chi connectivity index (χ1n) is 5.94. The maximum Gasteiger partial charge on any atom is 0.225 e. The van der Waals surface area contributed by atoms with Crippen molar-refractivity contribution < 1.29 is 8.42 Å². The highest BCUT2D eigenvalue weighted by atomic mass is 35.5. The van der Waals surface area contributed by atoms with Crippen molar-refractivity contribution in [2.24, 2.45) is 0 Å². The molecule has 0 aliphatic rings. The largest absolute Gasteiger partial charge is 0.244 e. The fourth-order valence-electron chi connectivity index (χ4n) is 2.07. The molecule has 0 radical (unpaired) electrons. The molecule has 0 aliphatic carbocycles. The van der Waals surface area contributed by atoms with E-state index in [0.29, 0.717) is 5.39 Å². The maximum absolute atomic E-state index is 12.7. The van der Waals surface area contributed by atoms with Gasteiger partial charge in [-0.3, -0.25) is 0 Å². The highest BCUT2D eigenvalue weighted by Crippen LogP contribution is 2.30. The Morgan fingerprint density at radius 2 is 1.60 bits per heavy atom. The summed E-state index contributed by atoms with van der Waals surface area (Å²) >= 11 is 6.00. The molecule has 0 unspecified atom stereocenters. The van der Waals surface area contributed by atoms with Crippen LogP contribution in [0.3, 0.4) is 0 Å². The monoisotopic (exact) mass is 303 g/mol. The first-order valence-corrected chi connectivity index (χ1v) is 7.80. The molecule has 0 spiro atoms. The Morgan fingerprint density at radius 3 is 2.40 bits per heavy atom. The lowest BCUT2D eigenvalue weighted by Gasteiger charge is -2.08. The zero-order chi connectivity index (χ0) is 14.2. The van der Waals surface area contributed by atoms with Crippen LogP contribution < -0.4 is 0 Å². The SMILES string of the molecule is O=S(=O)(c1ccccc1Cl)c1nccc2ccccc12. The molecule has 0 saturated heterocycles. The fraction of sp³-hybridized carbons (Fsp3) is 0. The van der Waals surface area contributed by atoms with E-state index < -0.39 is 9.84 Å². The number of sulfone groups is 1. The van der Waals surface area contributed by atoms with E-state index in [1.165, 1.54) is 12.3 Å². The van der Waals surface area contributed by atoms with Crippen LogP contribution in [0.1, 0.15) is 0 Å². The Morgan fingerprint density at radius 1 is 0.900 bits per heavy atom. The summed E-state index contributed by atoms with van der Waals surface area (Å²) in [6, 6.07) is 15.4. The van der Waals surface area contributed by atoms with E-state index in [-0.39, 0.29) is 14.9 Å². The molecule has 3 nitrogen and oxygen atoms in total. The topological polar surface area (TPSA) is 47.0 Å². The van der Waals surface area contributed by atoms with Gasteiger partial charge in [0.1, 0.15) is 0 Å². The molecule has 5 heteroatoms. The van der Waals surface area contributed by atoms with Crippen LogP contribution in [0.4, 0.5) is 0 Å². The van der Waals surface area contributed by atoms with Gasteiger partial charge >= 0.3 is 0 Å². The van der Waals surface area contributed by atoms with Gasteiger partial charge in [-0.25, -0.2) is 13.4 Å². The van der Waals surface area contributed by atoms with Crippen LogP contribution in [0.2, 0.25) is 5.02 Å². The predicted octanol–water partition coefficient (Wildman–Crippen LogP) is 3.72. The molecule has 0 atom stereocenters. The predicted molar refractivity (Wildman–Crippen MR) is 78.6 cm³/mol. The van der Waals surface area contributed by atoms with E-state index in [1.54, 1.807) is 36.4 Å². The summed E-state index contributed by atoms with van der Waals surface area (Å²) < 4.78 is 25.4. The number of aromatic nitrogens is 1. The summed E-state index contributed by atoms with van der Waals surface area (Å²) in [5.74, 6) is 0. The molecule has 100 valence electrons. The van der Waals surface area contributed by atoms with E-state index in [1.807, 2.05) is 12.1 Å². The van der Waals surface area contributed by atoms with Crippen molar-refractivity contribution in [1.29, 1.82) is 0 Å². The molecule has 0 aliphatic heterocycles. The Hall–Kier alpha value is -1.91. The van der Waals surface area contributed by atoms with Crippen LogP contribution in [0, 0.1) is 0 Å². The van der Waals surface area contributed by atoms with Crippen LogP contribution in [-0.4, -0.2) is 13.4 Å². The lowest BCUT2D eigenvalue weighted by Crippen LogP contribution is -2.05. The Bertz CT molecular complexity index is 886. The summed E-state index contributed by atoms with van der Waals surface area (Å²) in [6.07, 6.45) is 1.49. The Balaban J connectivity index is 2.33. The minimum absolute atomic E-state index is 0.0312. The third kappa shape index (κ3) is 2.07. The molecule has 3 aromatic rings. The first kappa shape index (κ1) is 13.1. The van der Waals surface area contributed by atoms with Gasteiger partial charge in [-0.05, 0) is 23.6 Å². The number of hydrogen-bond donors (Lipinski definition) is 0. The highest BCUT2D eigenvalue weighted by molar-refractivity contribution is 7.91. The molecule has 0 amide bonds. The van der Waals surface area contributed by atoms with Crippen LogP contribution in [-0.2, 0) is 9.84 Å². The number of benzene rings is 2.